The van der Waals surface area contributed by atoms with Gasteiger partial charge in [0.15, 0.2) is 11.5 Å². The van der Waals surface area contributed by atoms with Crippen molar-refractivity contribution in [3.05, 3.63) is 18.2 Å². The van der Waals surface area contributed by atoms with E-state index in [2.05, 4.69) is 11.2 Å². The van der Waals surface area contributed by atoms with Crippen LogP contribution < -0.4 is 14.8 Å². The lowest BCUT2D eigenvalue weighted by molar-refractivity contribution is 0.174. The van der Waals surface area contributed by atoms with Crippen molar-refractivity contribution in [3.63, 3.8) is 0 Å². The lowest BCUT2D eigenvalue weighted by Crippen LogP contribution is -1.99. The maximum absolute atomic E-state index is 5.27. The van der Waals surface area contributed by atoms with Crippen molar-refractivity contribution in [2.45, 2.75) is 0 Å². The fraction of sp³-hybridized carbons (Fsp3) is 0.200. The Hall–Kier alpha value is -1.82. The molecule has 1 N–H and O–H groups in total. The standard InChI is InChI=1S/C10H9NO2/c1-2-6-11-8-4-3-5-9-10(8)13-7-12-9/h1,3-5,11H,6-7H2. The molecule has 1 aliphatic heterocycles. The zero-order valence-electron chi connectivity index (χ0n) is 7.04. The van der Waals surface area contributed by atoms with Crippen LogP contribution in [0.2, 0.25) is 0 Å². The third kappa shape index (κ3) is 1.38. The number of nitrogens with one attached hydrogen (secondary N) is 1. The molecule has 1 aromatic rings. The van der Waals surface area contributed by atoms with E-state index in [1.54, 1.807) is 0 Å². The van der Waals surface area contributed by atoms with E-state index in [1.165, 1.54) is 0 Å². The number of fused-ring (bicyclic) bond motifs is 1. The second kappa shape index (κ2) is 3.28. The Labute approximate surface area is 76.7 Å². The Morgan fingerprint density at radius 1 is 1.46 bits per heavy atom. The highest BCUT2D eigenvalue weighted by molar-refractivity contribution is 5.64. The highest BCUT2D eigenvalue weighted by Crippen LogP contribution is 2.38. The number of ether oxygens (including phenoxy) is 2. The number of benzene rings is 1. The normalized spacial score (nSPS) is 12.2. The van der Waals surface area contributed by atoms with Gasteiger partial charge in [0.05, 0.1) is 12.2 Å². The van der Waals surface area contributed by atoms with Gasteiger partial charge in [-0.05, 0) is 12.1 Å². The summed E-state index contributed by atoms with van der Waals surface area (Å²) in [6, 6.07) is 5.67. The molecule has 0 atom stereocenters. The molecule has 1 aromatic carbocycles. The molecule has 0 aliphatic carbocycles. The van der Waals surface area contributed by atoms with Crippen molar-refractivity contribution < 1.29 is 9.47 Å². The van der Waals surface area contributed by atoms with Crippen molar-refractivity contribution >= 4 is 5.69 Å². The Balaban J connectivity index is 2.26. The first-order chi connectivity index (χ1) is 6.42. The number of anilines is 1. The molecule has 0 fully saturated rings. The fourth-order valence-corrected chi connectivity index (χ4v) is 1.22. The zero-order chi connectivity index (χ0) is 9.10. The summed E-state index contributed by atoms with van der Waals surface area (Å²) in [6.07, 6.45) is 5.14. The summed E-state index contributed by atoms with van der Waals surface area (Å²) in [7, 11) is 0. The van der Waals surface area contributed by atoms with Crippen molar-refractivity contribution in [2.24, 2.45) is 0 Å². The van der Waals surface area contributed by atoms with Crippen molar-refractivity contribution in [1.82, 2.24) is 0 Å². The first-order valence-corrected chi connectivity index (χ1v) is 3.98. The molecule has 0 unspecified atom stereocenters. The molecular formula is C10H9NO2. The van der Waals surface area contributed by atoms with E-state index in [0.29, 0.717) is 6.54 Å². The van der Waals surface area contributed by atoms with Crippen LogP contribution in [0.3, 0.4) is 0 Å². The predicted molar refractivity (Wildman–Crippen MR) is 49.9 cm³/mol. The van der Waals surface area contributed by atoms with Crippen LogP contribution in [0, 0.1) is 12.3 Å². The van der Waals surface area contributed by atoms with Gasteiger partial charge in [0.2, 0.25) is 6.79 Å². The van der Waals surface area contributed by atoms with Gasteiger partial charge in [-0.2, -0.15) is 0 Å². The van der Waals surface area contributed by atoms with Gasteiger partial charge in [-0.3, -0.25) is 0 Å². The van der Waals surface area contributed by atoms with Crippen LogP contribution in [0.4, 0.5) is 5.69 Å². The van der Waals surface area contributed by atoms with E-state index >= 15 is 0 Å². The number of hydrogen-bond acceptors (Lipinski definition) is 3. The first kappa shape index (κ1) is 7.81. The Morgan fingerprint density at radius 2 is 2.38 bits per heavy atom. The van der Waals surface area contributed by atoms with Gasteiger partial charge in [0.1, 0.15) is 0 Å². The minimum atomic E-state index is 0.282. The lowest BCUT2D eigenvalue weighted by Gasteiger charge is -2.05. The van der Waals surface area contributed by atoms with Gasteiger partial charge in [0.25, 0.3) is 0 Å². The molecule has 0 spiro atoms. The van der Waals surface area contributed by atoms with E-state index in [4.69, 9.17) is 15.9 Å². The van der Waals surface area contributed by atoms with Gasteiger partial charge in [-0.15, -0.1) is 6.42 Å². The fourth-order valence-electron chi connectivity index (χ4n) is 1.22. The third-order valence-electron chi connectivity index (χ3n) is 1.78. The summed E-state index contributed by atoms with van der Waals surface area (Å²) in [6.45, 7) is 0.768. The molecule has 2 rings (SSSR count). The Kier molecular flexibility index (Phi) is 1.97. The number of terminal acetylenes is 1. The molecule has 0 aromatic heterocycles. The summed E-state index contributed by atoms with van der Waals surface area (Å²) < 4.78 is 10.5. The molecule has 66 valence electrons. The summed E-state index contributed by atoms with van der Waals surface area (Å²) in [5.74, 6) is 4.01. The maximum atomic E-state index is 5.27. The molecule has 0 saturated carbocycles. The molecule has 3 heteroatoms. The van der Waals surface area contributed by atoms with Gasteiger partial charge in [-0.25, -0.2) is 0 Å². The topological polar surface area (TPSA) is 30.5 Å². The van der Waals surface area contributed by atoms with E-state index < -0.39 is 0 Å². The summed E-state index contributed by atoms with van der Waals surface area (Å²) in [5, 5.41) is 3.05. The highest BCUT2D eigenvalue weighted by atomic mass is 16.7. The second-order valence-corrected chi connectivity index (χ2v) is 2.60. The summed E-state index contributed by atoms with van der Waals surface area (Å²) >= 11 is 0. The second-order valence-electron chi connectivity index (χ2n) is 2.60. The van der Waals surface area contributed by atoms with Gasteiger partial charge < -0.3 is 14.8 Å². The minimum absolute atomic E-state index is 0.282. The van der Waals surface area contributed by atoms with Crippen LogP contribution in [0.5, 0.6) is 11.5 Å². The molecule has 3 nitrogen and oxygen atoms in total. The molecule has 0 saturated heterocycles. The molecular weight excluding hydrogens is 166 g/mol. The van der Waals surface area contributed by atoms with Crippen molar-refractivity contribution in [3.8, 4) is 23.8 Å². The average Bonchev–Trinajstić information content (AvgIpc) is 2.62. The zero-order valence-corrected chi connectivity index (χ0v) is 7.04. The van der Waals surface area contributed by atoms with Crippen LogP contribution in [0.1, 0.15) is 0 Å². The van der Waals surface area contributed by atoms with E-state index in [9.17, 15) is 0 Å². The van der Waals surface area contributed by atoms with Crippen LogP contribution in [0.15, 0.2) is 18.2 Å². The van der Waals surface area contributed by atoms with Crippen molar-refractivity contribution in [2.75, 3.05) is 18.7 Å². The van der Waals surface area contributed by atoms with Gasteiger partial charge in [0, 0.05) is 0 Å². The van der Waals surface area contributed by atoms with Crippen LogP contribution in [0.25, 0.3) is 0 Å². The monoisotopic (exact) mass is 175 g/mol. The lowest BCUT2D eigenvalue weighted by atomic mass is 10.2. The maximum Gasteiger partial charge on any atom is 0.231 e. The van der Waals surface area contributed by atoms with Gasteiger partial charge >= 0.3 is 0 Å². The smallest absolute Gasteiger partial charge is 0.231 e. The summed E-state index contributed by atoms with van der Waals surface area (Å²) in [5.41, 5.74) is 0.882. The third-order valence-corrected chi connectivity index (χ3v) is 1.78. The van der Waals surface area contributed by atoms with Gasteiger partial charge in [-0.1, -0.05) is 12.0 Å². The van der Waals surface area contributed by atoms with E-state index in [0.717, 1.165) is 17.2 Å². The predicted octanol–water partition coefficient (Wildman–Crippen LogP) is 1.46. The van der Waals surface area contributed by atoms with Crippen molar-refractivity contribution in [1.29, 1.82) is 0 Å². The molecule has 1 heterocycles. The number of rotatable bonds is 2. The summed E-state index contributed by atoms with van der Waals surface area (Å²) in [4.78, 5) is 0. The molecule has 0 bridgehead atoms. The quantitative estimate of drug-likeness (QED) is 0.690. The molecule has 0 amide bonds. The van der Waals surface area contributed by atoms with E-state index in [-0.39, 0.29) is 6.79 Å². The minimum Gasteiger partial charge on any atom is -0.454 e. The van der Waals surface area contributed by atoms with E-state index in [1.807, 2.05) is 18.2 Å². The SMILES string of the molecule is C#CCNc1cccc2c1OCO2. The molecule has 13 heavy (non-hydrogen) atoms. The Morgan fingerprint density at radius 3 is 3.23 bits per heavy atom. The van der Waals surface area contributed by atoms with Crippen LogP contribution in [-0.2, 0) is 0 Å². The Bertz CT molecular complexity index is 354. The number of hydrogen-bond donors (Lipinski definition) is 1. The molecule has 1 aliphatic rings. The van der Waals surface area contributed by atoms with Crippen LogP contribution >= 0.6 is 0 Å². The molecule has 0 radical (unpaired) electrons. The van der Waals surface area contributed by atoms with Crippen LogP contribution in [-0.4, -0.2) is 13.3 Å². The largest absolute Gasteiger partial charge is 0.454 e. The first-order valence-electron chi connectivity index (χ1n) is 3.98. The average molecular weight is 175 g/mol. The number of para-hydroxylation sites is 1. The highest BCUT2D eigenvalue weighted by Gasteiger charge is 2.16.